The molecule has 23 heavy (non-hydrogen) atoms. The number of nitrogens with zero attached hydrogens (tertiary/aromatic N) is 2. The molecule has 0 aliphatic rings. The highest BCUT2D eigenvalue weighted by atomic mass is 32.1. The molecule has 6 nitrogen and oxygen atoms in total. The summed E-state index contributed by atoms with van der Waals surface area (Å²) in [5.41, 5.74) is 7.72. The van der Waals surface area contributed by atoms with Crippen molar-refractivity contribution in [2.75, 3.05) is 12.5 Å². The SMILES string of the molecule is COc1cccc(-c2csc(NNC(=O)c3ccncc3)n2)c1. The number of anilines is 1. The number of hydrogen-bond acceptors (Lipinski definition) is 6. The topological polar surface area (TPSA) is 76.1 Å². The van der Waals surface area contributed by atoms with Gasteiger partial charge in [0.15, 0.2) is 0 Å². The molecule has 7 heteroatoms. The first kappa shape index (κ1) is 15.0. The lowest BCUT2D eigenvalue weighted by Crippen LogP contribution is -2.29. The summed E-state index contributed by atoms with van der Waals surface area (Å²) in [7, 11) is 1.63. The van der Waals surface area contributed by atoms with Crippen LogP contribution in [-0.4, -0.2) is 23.0 Å². The van der Waals surface area contributed by atoms with Crippen LogP contribution in [0, 0.1) is 0 Å². The first-order chi connectivity index (χ1) is 11.3. The summed E-state index contributed by atoms with van der Waals surface area (Å²) in [5, 5.41) is 2.51. The smallest absolute Gasteiger partial charge is 0.269 e. The highest BCUT2D eigenvalue weighted by Crippen LogP contribution is 2.27. The average Bonchev–Trinajstić information content (AvgIpc) is 3.09. The zero-order chi connectivity index (χ0) is 16.1. The highest BCUT2D eigenvalue weighted by molar-refractivity contribution is 7.14. The summed E-state index contributed by atoms with van der Waals surface area (Å²) in [6.45, 7) is 0. The second kappa shape index (κ2) is 6.89. The number of methoxy groups -OCH3 is 1. The zero-order valence-corrected chi connectivity index (χ0v) is 13.1. The van der Waals surface area contributed by atoms with E-state index in [0.717, 1.165) is 17.0 Å². The Kier molecular flexibility index (Phi) is 4.49. The molecule has 3 rings (SSSR count). The largest absolute Gasteiger partial charge is 0.497 e. The van der Waals surface area contributed by atoms with E-state index in [1.807, 2.05) is 29.6 Å². The van der Waals surface area contributed by atoms with Gasteiger partial charge in [-0.2, -0.15) is 0 Å². The van der Waals surface area contributed by atoms with Crippen molar-refractivity contribution in [1.29, 1.82) is 0 Å². The predicted octanol–water partition coefficient (Wildman–Crippen LogP) is 2.97. The van der Waals surface area contributed by atoms with Crippen LogP contribution in [0.1, 0.15) is 10.4 Å². The maximum Gasteiger partial charge on any atom is 0.269 e. The van der Waals surface area contributed by atoms with E-state index in [-0.39, 0.29) is 5.91 Å². The number of ether oxygens (including phenoxy) is 1. The van der Waals surface area contributed by atoms with Gasteiger partial charge in [0.05, 0.1) is 12.8 Å². The second-order valence-corrected chi connectivity index (χ2v) is 5.44. The van der Waals surface area contributed by atoms with Crippen LogP contribution in [0.4, 0.5) is 5.13 Å². The van der Waals surface area contributed by atoms with Gasteiger partial charge in [-0.05, 0) is 24.3 Å². The molecule has 0 atom stereocenters. The van der Waals surface area contributed by atoms with Crippen LogP contribution >= 0.6 is 11.3 Å². The molecule has 0 bridgehead atoms. The minimum atomic E-state index is -0.245. The van der Waals surface area contributed by atoms with Crippen molar-refractivity contribution in [1.82, 2.24) is 15.4 Å². The van der Waals surface area contributed by atoms with Crippen molar-refractivity contribution >= 4 is 22.4 Å². The van der Waals surface area contributed by atoms with Gasteiger partial charge >= 0.3 is 0 Å². The number of amides is 1. The maximum absolute atomic E-state index is 11.9. The summed E-state index contributed by atoms with van der Waals surface area (Å²) in [5.74, 6) is 0.529. The first-order valence-electron chi connectivity index (χ1n) is 6.82. The van der Waals surface area contributed by atoms with Gasteiger partial charge in [-0.15, -0.1) is 11.3 Å². The molecule has 0 fully saturated rings. The minimum absolute atomic E-state index is 0.245. The van der Waals surface area contributed by atoms with Crippen LogP contribution < -0.4 is 15.6 Å². The fraction of sp³-hybridized carbons (Fsp3) is 0.0625. The molecule has 0 radical (unpaired) electrons. The van der Waals surface area contributed by atoms with Gasteiger partial charge in [0.25, 0.3) is 5.91 Å². The quantitative estimate of drug-likeness (QED) is 0.705. The lowest BCUT2D eigenvalue weighted by molar-refractivity contribution is 0.0962. The number of rotatable bonds is 5. The molecule has 2 heterocycles. The molecule has 116 valence electrons. The van der Waals surface area contributed by atoms with Crippen LogP contribution in [0.15, 0.2) is 54.2 Å². The Morgan fingerprint density at radius 1 is 1.22 bits per heavy atom. The lowest BCUT2D eigenvalue weighted by Gasteiger charge is -2.05. The van der Waals surface area contributed by atoms with Crippen LogP contribution in [0.2, 0.25) is 0 Å². The molecule has 0 spiro atoms. The zero-order valence-electron chi connectivity index (χ0n) is 12.3. The van der Waals surface area contributed by atoms with E-state index in [0.29, 0.717) is 10.7 Å². The third kappa shape index (κ3) is 3.64. The molecule has 3 aromatic rings. The van der Waals surface area contributed by atoms with E-state index in [9.17, 15) is 4.79 Å². The molecule has 0 saturated carbocycles. The Balaban J connectivity index is 1.66. The summed E-state index contributed by atoms with van der Waals surface area (Å²) in [6, 6.07) is 10.9. The summed E-state index contributed by atoms with van der Waals surface area (Å²) in [4.78, 5) is 20.3. The molecule has 2 aromatic heterocycles. The number of pyridine rings is 1. The van der Waals surface area contributed by atoms with Gasteiger partial charge in [0, 0.05) is 28.9 Å². The Morgan fingerprint density at radius 3 is 2.83 bits per heavy atom. The van der Waals surface area contributed by atoms with Gasteiger partial charge in [-0.1, -0.05) is 12.1 Å². The Hall–Kier alpha value is -2.93. The molecule has 1 amide bonds. The molecular formula is C16H14N4O2S. The van der Waals surface area contributed by atoms with Crippen molar-refractivity contribution in [2.24, 2.45) is 0 Å². The van der Waals surface area contributed by atoms with Gasteiger partial charge in [0.2, 0.25) is 5.13 Å². The van der Waals surface area contributed by atoms with Crippen molar-refractivity contribution in [2.45, 2.75) is 0 Å². The van der Waals surface area contributed by atoms with E-state index in [2.05, 4.69) is 20.8 Å². The van der Waals surface area contributed by atoms with Crippen molar-refractivity contribution in [3.8, 4) is 17.0 Å². The van der Waals surface area contributed by atoms with Crippen molar-refractivity contribution < 1.29 is 9.53 Å². The Bertz CT molecular complexity index is 805. The molecule has 0 aliphatic carbocycles. The summed E-state index contributed by atoms with van der Waals surface area (Å²) >= 11 is 1.40. The molecule has 0 saturated heterocycles. The lowest BCUT2D eigenvalue weighted by atomic mass is 10.2. The Labute approximate surface area is 137 Å². The normalized spacial score (nSPS) is 10.1. The first-order valence-corrected chi connectivity index (χ1v) is 7.70. The second-order valence-electron chi connectivity index (χ2n) is 4.58. The highest BCUT2D eigenvalue weighted by Gasteiger charge is 2.08. The third-order valence-corrected chi connectivity index (χ3v) is 3.85. The van der Waals surface area contributed by atoms with Gasteiger partial charge < -0.3 is 4.74 Å². The fourth-order valence-corrected chi connectivity index (χ4v) is 2.60. The minimum Gasteiger partial charge on any atom is -0.497 e. The van der Waals surface area contributed by atoms with Crippen molar-refractivity contribution in [3.63, 3.8) is 0 Å². The van der Waals surface area contributed by atoms with E-state index >= 15 is 0 Å². The van der Waals surface area contributed by atoms with Crippen LogP contribution in [0.5, 0.6) is 5.75 Å². The van der Waals surface area contributed by atoms with E-state index in [1.165, 1.54) is 11.3 Å². The standard InChI is InChI=1S/C16H14N4O2S/c1-22-13-4-2-3-12(9-13)14-10-23-16(18-14)20-19-15(21)11-5-7-17-8-6-11/h2-10H,1H3,(H,18,20)(H,19,21). The maximum atomic E-state index is 11.9. The van der Waals surface area contributed by atoms with Gasteiger partial charge in [-0.3, -0.25) is 20.6 Å². The van der Waals surface area contributed by atoms with Gasteiger partial charge in [0.1, 0.15) is 5.75 Å². The number of carbonyl (C=O) groups excluding carboxylic acids is 1. The summed E-state index contributed by atoms with van der Waals surface area (Å²) in [6.07, 6.45) is 3.14. The number of nitrogens with one attached hydrogen (secondary N) is 2. The number of hydrazine groups is 1. The van der Waals surface area contributed by atoms with Crippen LogP contribution in [0.3, 0.4) is 0 Å². The third-order valence-electron chi connectivity index (χ3n) is 3.10. The fourth-order valence-electron chi connectivity index (χ4n) is 1.93. The van der Waals surface area contributed by atoms with Crippen molar-refractivity contribution in [3.05, 3.63) is 59.7 Å². The molecular weight excluding hydrogens is 312 g/mol. The number of hydrogen-bond donors (Lipinski definition) is 2. The van der Waals surface area contributed by atoms with E-state index in [4.69, 9.17) is 4.74 Å². The molecule has 2 N–H and O–H groups in total. The Morgan fingerprint density at radius 2 is 2.04 bits per heavy atom. The number of aromatic nitrogens is 2. The summed E-state index contributed by atoms with van der Waals surface area (Å²) < 4.78 is 5.21. The molecule has 0 aliphatic heterocycles. The number of benzene rings is 1. The molecule has 1 aromatic carbocycles. The molecule has 0 unspecified atom stereocenters. The van der Waals surface area contributed by atoms with Crippen LogP contribution in [0.25, 0.3) is 11.3 Å². The van der Waals surface area contributed by atoms with E-state index in [1.54, 1.807) is 31.6 Å². The number of carbonyl (C=O) groups is 1. The average molecular weight is 326 g/mol. The predicted molar refractivity (Wildman–Crippen MR) is 89.4 cm³/mol. The monoisotopic (exact) mass is 326 g/mol. The van der Waals surface area contributed by atoms with Gasteiger partial charge in [-0.25, -0.2) is 4.98 Å². The number of thiazole rings is 1. The van der Waals surface area contributed by atoms with Crippen LogP contribution in [-0.2, 0) is 0 Å². The van der Waals surface area contributed by atoms with E-state index < -0.39 is 0 Å².